The fraction of sp³-hybridized carbons (Fsp3) is 1.00. The smallest absolute Gasteiger partial charge is 0.378 e. The van der Waals surface area contributed by atoms with Crippen molar-refractivity contribution in [3.63, 3.8) is 0 Å². The molecule has 14 nitrogen and oxygen atoms in total. The third-order valence-corrected chi connectivity index (χ3v) is 18.8. The lowest BCUT2D eigenvalue weighted by molar-refractivity contribution is 0.0407. The zero-order chi connectivity index (χ0) is 27.6. The summed E-state index contributed by atoms with van der Waals surface area (Å²) >= 11 is 0. The maximum absolute atomic E-state index is 8.26. The van der Waals surface area contributed by atoms with Crippen LogP contribution in [0.15, 0.2) is 0 Å². The van der Waals surface area contributed by atoms with Gasteiger partial charge in [0, 0.05) is 6.61 Å². The van der Waals surface area contributed by atoms with Gasteiger partial charge in [-0.2, -0.15) is 0 Å². The van der Waals surface area contributed by atoms with E-state index in [1.807, 2.05) is 13.8 Å². The molecule has 168 valence electrons. The molecular formula is C7H24O14Si8. The van der Waals surface area contributed by atoms with Crippen molar-refractivity contribution < 1.29 is 58.9 Å². The molecule has 0 N–H and O–H groups in total. The second-order valence-electron chi connectivity index (χ2n) is 4.86. The molecule has 29 heavy (non-hydrogen) atoms. The molecule has 0 saturated carbocycles. The molecule has 7 rings (SSSR count). The van der Waals surface area contributed by atoms with Gasteiger partial charge in [-0.3, -0.25) is 0 Å². The van der Waals surface area contributed by atoms with E-state index in [0.29, 0.717) is 0 Å². The normalized spacial score (nSPS) is 70.9. The summed E-state index contributed by atoms with van der Waals surface area (Å²) in [6.07, 6.45) is 1.24. The highest BCUT2D eigenvalue weighted by atomic mass is 28.6. The summed E-state index contributed by atoms with van der Waals surface area (Å²) in [4.78, 5) is 0. The minimum absolute atomic E-state index is 0.153. The van der Waals surface area contributed by atoms with E-state index in [0.717, 1.165) is 19.6 Å². The molecule has 7 aliphatic rings. The van der Waals surface area contributed by atoms with Crippen LogP contribution in [0.25, 0.3) is 0 Å². The predicted molar refractivity (Wildman–Crippen MR) is 108 cm³/mol. The first kappa shape index (κ1) is 15.1. The van der Waals surface area contributed by atoms with Crippen LogP contribution in [0.4, 0.5) is 0 Å². The molecule has 0 amide bonds. The average Bonchev–Trinajstić information content (AvgIpc) is 3.43. The van der Waals surface area contributed by atoms with E-state index < -0.39 is 75.7 Å². The van der Waals surface area contributed by atoms with Crippen LogP contribution in [-0.2, 0) is 58.9 Å². The Labute approximate surface area is 191 Å². The van der Waals surface area contributed by atoms with Crippen LogP contribution < -0.4 is 0 Å². The molecule has 0 spiro atoms. The Balaban J connectivity index is 0.000000305. The van der Waals surface area contributed by atoms with Crippen molar-refractivity contribution in [2.24, 2.45) is 0 Å². The fourth-order valence-electron chi connectivity index (χ4n) is 1.70. The molecule has 22 heteroatoms. The van der Waals surface area contributed by atoms with Crippen molar-refractivity contribution in [3.05, 3.63) is 0 Å². The van der Waals surface area contributed by atoms with Gasteiger partial charge >= 0.3 is 75.7 Å². The van der Waals surface area contributed by atoms with Gasteiger partial charge in [0.1, 0.15) is 16.5 Å². The van der Waals surface area contributed by atoms with Crippen LogP contribution in [0.3, 0.4) is 0 Å². The van der Waals surface area contributed by atoms with E-state index in [9.17, 15) is 0 Å². The SMILES string of the molecule is CC.CCCOC1CO1.[2H][Si]12O[Si]3([2H])O[Si]4([2H])O[Si]([2H])(O1)O[Si]1([2H])O[Si]([2H])(O2)O[Si]([2H])(O3)O[Si]([2H])(O4)O1. The molecule has 7 saturated heterocycles. The molecule has 1 unspecified atom stereocenters. The van der Waals surface area contributed by atoms with Gasteiger partial charge in [0.25, 0.3) is 0 Å². The minimum Gasteiger partial charge on any atom is -0.378 e. The first-order valence-electron chi connectivity index (χ1n) is 12.6. The van der Waals surface area contributed by atoms with Crippen LogP contribution in [0, 0.1) is 0 Å². The van der Waals surface area contributed by atoms with Gasteiger partial charge in [0.15, 0.2) is 6.29 Å². The van der Waals surface area contributed by atoms with Crippen LogP contribution >= 0.6 is 0 Å². The first-order valence-corrected chi connectivity index (χ1v) is 18.4. The molecular weight excluding hydrogens is 533 g/mol. The standard InChI is InChI=1S/C5H10O2.C2H6.H8O12Si8/c1-2-3-6-5-4-7-5;1-2;1-13-2-15-6-17-4-14(1)5-18-7-16(3-13)9-19(8-15)12-20(10-17)11-18/h5H,2-4H2,1H3;1-2H3;13-20H/i;;13D,14D,15D,16D,17D,18D,19D,20D. The lowest BCUT2D eigenvalue weighted by Crippen LogP contribution is -2.68. The van der Waals surface area contributed by atoms with Gasteiger partial charge in [-0.1, -0.05) is 20.8 Å². The maximum Gasteiger partial charge on any atom is 0.461 e. The van der Waals surface area contributed by atoms with Crippen molar-refractivity contribution in [2.75, 3.05) is 13.2 Å². The summed E-state index contributed by atoms with van der Waals surface area (Å²) in [5, 5.41) is 0. The van der Waals surface area contributed by atoms with Crippen molar-refractivity contribution in [2.45, 2.75) is 33.5 Å². The number of rotatable bonds is 3. The van der Waals surface area contributed by atoms with Gasteiger partial charge in [0.2, 0.25) is 0 Å². The van der Waals surface area contributed by atoms with Gasteiger partial charge in [-0.05, 0) is 6.42 Å². The molecule has 8 bridgehead atoms. The number of hydrogen-bond acceptors (Lipinski definition) is 14. The van der Waals surface area contributed by atoms with Crippen LogP contribution in [-0.4, -0.2) is 105 Å². The summed E-state index contributed by atoms with van der Waals surface area (Å²) in [7, 11) is -40.0. The molecule has 0 aromatic carbocycles. The van der Waals surface area contributed by atoms with E-state index in [4.69, 9.17) is 68.7 Å². The molecule has 0 radical (unpaired) electrons. The van der Waals surface area contributed by atoms with Gasteiger partial charge in [-0.25, -0.2) is 0 Å². The van der Waals surface area contributed by atoms with E-state index in [-0.39, 0.29) is 6.29 Å². The summed E-state index contributed by atoms with van der Waals surface area (Å²) in [5.41, 5.74) is 0. The maximum atomic E-state index is 8.26. The van der Waals surface area contributed by atoms with Crippen molar-refractivity contribution >= 4 is 75.7 Å². The van der Waals surface area contributed by atoms with E-state index in [2.05, 4.69) is 6.92 Å². The van der Waals surface area contributed by atoms with Crippen molar-refractivity contribution in [3.8, 4) is 0 Å². The Morgan fingerprint density at radius 3 is 1.07 bits per heavy atom. The second kappa shape index (κ2) is 11.3. The molecule has 1 atom stereocenters. The van der Waals surface area contributed by atoms with Crippen molar-refractivity contribution in [1.29, 1.82) is 9.88 Å². The molecule has 7 fully saturated rings. The van der Waals surface area contributed by atoms with Gasteiger partial charge < -0.3 is 58.9 Å². The first-order chi connectivity index (χ1) is 16.9. The topological polar surface area (TPSA) is 133 Å². The number of hydrogen-bond donors (Lipinski definition) is 0. The highest BCUT2D eigenvalue weighted by molar-refractivity contribution is 6.82. The summed E-state index contributed by atoms with van der Waals surface area (Å²) in [5.74, 6) is 0. The molecule has 0 aromatic heterocycles. The lowest BCUT2D eigenvalue weighted by atomic mass is 10.5. The third kappa shape index (κ3) is 6.83. The second-order valence-corrected chi connectivity index (χ2v) is 18.7. The summed E-state index contributed by atoms with van der Waals surface area (Å²) in [6, 6.07) is 0. The number of ether oxygens (including phenoxy) is 2. The van der Waals surface area contributed by atoms with E-state index in [1.165, 1.54) is 0 Å². The molecule has 7 aliphatic heterocycles. The van der Waals surface area contributed by atoms with E-state index >= 15 is 0 Å². The highest BCUT2D eigenvalue weighted by Gasteiger charge is 2.54. The van der Waals surface area contributed by atoms with Crippen LogP contribution in [0.1, 0.15) is 27.2 Å². The molecule has 0 aromatic rings. The Kier molecular flexibility index (Phi) is 5.93. The van der Waals surface area contributed by atoms with Crippen molar-refractivity contribution in [1.82, 2.24) is 0 Å². The third-order valence-electron chi connectivity index (χ3n) is 2.81. The number of epoxide rings is 1. The average molecular weight is 565 g/mol. The van der Waals surface area contributed by atoms with Gasteiger partial charge in [-0.15, -0.1) is 0 Å². The molecule has 0 aliphatic carbocycles. The fourth-order valence-corrected chi connectivity index (χ4v) is 21.2. The Morgan fingerprint density at radius 2 is 0.897 bits per heavy atom. The Bertz CT molecular complexity index is 633. The zero-order valence-electron chi connectivity index (χ0n) is 23.4. The monoisotopic (exact) mass is 564 g/mol. The Morgan fingerprint density at radius 1 is 0.655 bits per heavy atom. The Hall–Kier alpha value is 1.18. The predicted octanol–water partition coefficient (Wildman–Crippen LogP) is -4.21. The molecule has 7 heterocycles. The summed E-state index contributed by atoms with van der Waals surface area (Å²) < 4.78 is 137. The highest BCUT2D eigenvalue weighted by Crippen LogP contribution is 2.25. The quantitative estimate of drug-likeness (QED) is 0.242. The lowest BCUT2D eigenvalue weighted by Gasteiger charge is -2.44. The van der Waals surface area contributed by atoms with E-state index in [1.54, 1.807) is 0 Å². The van der Waals surface area contributed by atoms with Crippen LogP contribution in [0.5, 0.6) is 0 Å². The summed E-state index contributed by atoms with van der Waals surface area (Å²) in [6.45, 7) is 7.73. The largest absolute Gasteiger partial charge is 0.461 e. The zero-order valence-corrected chi connectivity index (χ0v) is 23.4. The van der Waals surface area contributed by atoms with Crippen LogP contribution in [0.2, 0.25) is 0 Å². The minimum atomic E-state index is -5.01. The van der Waals surface area contributed by atoms with Gasteiger partial charge in [0.05, 0.1) is 0 Å².